The van der Waals surface area contributed by atoms with Crippen molar-refractivity contribution in [3.05, 3.63) is 104 Å². The lowest BCUT2D eigenvalue weighted by Crippen LogP contribution is -2.46. The van der Waals surface area contributed by atoms with Crippen molar-refractivity contribution in [1.82, 2.24) is 14.2 Å². The molecule has 0 radical (unpaired) electrons. The predicted molar refractivity (Wildman–Crippen MR) is 144 cm³/mol. The highest BCUT2D eigenvalue weighted by Crippen LogP contribution is 2.45. The number of nitrogens with zero attached hydrogens (tertiary/aromatic N) is 4. The highest BCUT2D eigenvalue weighted by molar-refractivity contribution is 5.95. The van der Waals surface area contributed by atoms with Crippen LogP contribution in [0.1, 0.15) is 36.7 Å². The predicted octanol–water partition coefficient (Wildman–Crippen LogP) is 5.78. The van der Waals surface area contributed by atoms with Crippen LogP contribution < -0.4 is 25.8 Å². The quantitative estimate of drug-likeness (QED) is 0.258. The van der Waals surface area contributed by atoms with Crippen molar-refractivity contribution in [2.45, 2.75) is 44.4 Å². The lowest BCUT2D eigenvalue weighted by molar-refractivity contribution is -0.138. The number of benzene rings is 3. The third-order valence-electron chi connectivity index (χ3n) is 7.63. The molecule has 45 heavy (non-hydrogen) atoms. The Bertz CT molecular complexity index is 1930. The minimum atomic E-state index is -4.79. The second kappa shape index (κ2) is 10.2. The number of hydrogen-bond acceptors (Lipinski definition) is 6. The van der Waals surface area contributed by atoms with Crippen molar-refractivity contribution in [3.8, 4) is 17.2 Å². The Balaban J connectivity index is 1.50. The Morgan fingerprint density at radius 2 is 1.40 bits per heavy atom. The minimum absolute atomic E-state index is 0.0108. The monoisotopic (exact) mass is 636 g/mol. The van der Waals surface area contributed by atoms with Crippen molar-refractivity contribution >= 4 is 11.7 Å². The molecule has 3 heterocycles. The maximum atomic E-state index is 14.1. The number of hydrogen-bond donors (Lipinski definition) is 0. The molecule has 6 rings (SSSR count). The van der Waals surface area contributed by atoms with Crippen molar-refractivity contribution < 1.29 is 45.1 Å². The van der Waals surface area contributed by atoms with Crippen LogP contribution in [0.15, 0.2) is 80.8 Å². The molecule has 236 valence electrons. The van der Waals surface area contributed by atoms with Gasteiger partial charge in [-0.3, -0.25) is 4.90 Å². The third-order valence-corrected chi connectivity index (χ3v) is 7.63. The molecule has 0 saturated carbocycles. The van der Waals surface area contributed by atoms with Crippen LogP contribution in [0.3, 0.4) is 0 Å². The van der Waals surface area contributed by atoms with Crippen LogP contribution in [0.2, 0.25) is 0 Å². The number of urea groups is 1. The SMILES string of the molecule is CC1(C)[C@H](n2oc(=O)n(-c3cccc(C(F)(F)F)c3)c2=O)N(c2cccc(C(F)(F)F)c2)C(=O)N1Cc1ccc2c(c1)OCO2. The molecular weight excluding hydrogens is 614 g/mol. The van der Waals surface area contributed by atoms with Crippen molar-refractivity contribution in [3.63, 3.8) is 0 Å². The van der Waals surface area contributed by atoms with E-state index < -0.39 is 58.3 Å². The van der Waals surface area contributed by atoms with Crippen molar-refractivity contribution in [1.29, 1.82) is 0 Å². The fraction of sp³-hybridized carbons (Fsp3) is 0.276. The summed E-state index contributed by atoms with van der Waals surface area (Å²) in [7, 11) is 0. The first-order valence-corrected chi connectivity index (χ1v) is 13.3. The van der Waals surface area contributed by atoms with Gasteiger partial charge in [0.1, 0.15) is 0 Å². The van der Waals surface area contributed by atoms with Gasteiger partial charge in [0.2, 0.25) is 6.79 Å². The molecule has 2 aliphatic rings. The molecule has 0 unspecified atom stereocenters. The van der Waals surface area contributed by atoms with Gasteiger partial charge in [-0.15, -0.1) is 4.74 Å². The molecular formula is C29H22F6N4O6. The van der Waals surface area contributed by atoms with Gasteiger partial charge in [0.15, 0.2) is 17.7 Å². The zero-order valence-corrected chi connectivity index (χ0v) is 23.3. The second-order valence-corrected chi connectivity index (χ2v) is 10.9. The molecule has 10 nitrogen and oxygen atoms in total. The van der Waals surface area contributed by atoms with Gasteiger partial charge < -0.3 is 18.9 Å². The smallest absolute Gasteiger partial charge is 0.447 e. The summed E-state index contributed by atoms with van der Waals surface area (Å²) < 4.78 is 98.0. The number of aromatic nitrogens is 2. The number of halogens is 6. The van der Waals surface area contributed by atoms with Crippen LogP contribution in [-0.4, -0.2) is 32.6 Å². The fourth-order valence-electron chi connectivity index (χ4n) is 5.44. The number of rotatable bonds is 5. The number of ether oxygens (including phenoxy) is 2. The number of alkyl halides is 6. The molecule has 4 aromatic rings. The van der Waals surface area contributed by atoms with Crippen LogP contribution in [0.5, 0.6) is 11.5 Å². The van der Waals surface area contributed by atoms with E-state index in [1.807, 2.05) is 0 Å². The van der Waals surface area contributed by atoms with E-state index in [1.54, 1.807) is 18.2 Å². The summed E-state index contributed by atoms with van der Waals surface area (Å²) in [5, 5.41) is 0. The van der Waals surface area contributed by atoms with Gasteiger partial charge in [0.05, 0.1) is 22.4 Å². The van der Waals surface area contributed by atoms with Crippen LogP contribution in [-0.2, 0) is 18.9 Å². The average molecular weight is 637 g/mol. The summed E-state index contributed by atoms with van der Waals surface area (Å²) in [6.45, 7) is 2.87. The normalized spacial score (nSPS) is 17.8. The maximum absolute atomic E-state index is 14.1. The van der Waals surface area contributed by atoms with E-state index in [2.05, 4.69) is 0 Å². The van der Waals surface area contributed by atoms with Gasteiger partial charge in [-0.05, 0) is 67.9 Å². The average Bonchev–Trinajstić information content (AvgIpc) is 3.60. The summed E-state index contributed by atoms with van der Waals surface area (Å²) >= 11 is 0. The molecule has 0 spiro atoms. The standard InChI is InChI=1S/C29H22F6N4O6/c1-27(2)23(39-25(41)38(26(42)45-39)20-8-4-6-18(13-20)29(33,34)35)37(19-7-3-5-17(12-19)28(30,31)32)24(40)36(27)14-16-9-10-21-22(11-16)44-15-43-21/h3-13,23H,14-15H2,1-2H3/t23-/m0/s1. The van der Waals surface area contributed by atoms with E-state index in [1.165, 1.54) is 24.8 Å². The molecule has 0 N–H and O–H groups in total. The lowest BCUT2D eigenvalue weighted by Gasteiger charge is -2.34. The van der Waals surface area contributed by atoms with E-state index in [9.17, 15) is 40.7 Å². The van der Waals surface area contributed by atoms with E-state index in [4.69, 9.17) is 14.0 Å². The Morgan fingerprint density at radius 3 is 2.04 bits per heavy atom. The van der Waals surface area contributed by atoms with Crippen molar-refractivity contribution in [2.75, 3.05) is 11.7 Å². The van der Waals surface area contributed by atoms with E-state index in [-0.39, 0.29) is 19.0 Å². The van der Waals surface area contributed by atoms with Gasteiger partial charge in [0.25, 0.3) is 0 Å². The molecule has 2 amide bonds. The van der Waals surface area contributed by atoms with Gasteiger partial charge in [-0.25, -0.2) is 14.4 Å². The largest absolute Gasteiger partial charge is 0.454 e. The Labute approximate surface area is 249 Å². The van der Waals surface area contributed by atoms with E-state index in [0.717, 1.165) is 35.2 Å². The zero-order chi connectivity index (χ0) is 32.5. The molecule has 3 aromatic carbocycles. The summed E-state index contributed by atoms with van der Waals surface area (Å²) in [5.74, 6) is -0.497. The number of amides is 2. The first-order chi connectivity index (χ1) is 21.1. The van der Waals surface area contributed by atoms with E-state index >= 15 is 0 Å². The van der Waals surface area contributed by atoms with Gasteiger partial charge in [-0.2, -0.15) is 30.9 Å². The molecule has 1 fully saturated rings. The lowest BCUT2D eigenvalue weighted by atomic mass is 9.99. The maximum Gasteiger partial charge on any atom is 0.447 e. The van der Waals surface area contributed by atoms with Crippen LogP contribution in [0, 0.1) is 0 Å². The Morgan fingerprint density at radius 1 is 0.800 bits per heavy atom. The first-order valence-electron chi connectivity index (χ1n) is 13.3. The minimum Gasteiger partial charge on any atom is -0.454 e. The Kier molecular flexibility index (Phi) is 6.78. The number of fused-ring (bicyclic) bond motifs is 1. The van der Waals surface area contributed by atoms with Gasteiger partial charge in [0, 0.05) is 12.2 Å². The van der Waals surface area contributed by atoms with Gasteiger partial charge >= 0.3 is 29.8 Å². The molecule has 1 atom stereocenters. The third kappa shape index (κ3) is 5.09. The first kappa shape index (κ1) is 29.9. The number of carbonyl (C=O) groups excluding carboxylic acids is 1. The fourth-order valence-corrected chi connectivity index (χ4v) is 5.44. The van der Waals surface area contributed by atoms with Crippen LogP contribution in [0.25, 0.3) is 5.69 Å². The van der Waals surface area contributed by atoms with E-state index in [0.29, 0.717) is 38.5 Å². The van der Waals surface area contributed by atoms with Gasteiger partial charge in [-0.1, -0.05) is 18.2 Å². The van der Waals surface area contributed by atoms with Crippen molar-refractivity contribution in [2.24, 2.45) is 0 Å². The molecule has 0 bridgehead atoms. The molecule has 1 aromatic heterocycles. The molecule has 2 aliphatic heterocycles. The topological polar surface area (TPSA) is 99.2 Å². The summed E-state index contributed by atoms with van der Waals surface area (Å²) in [5.41, 5.74) is -5.16. The highest BCUT2D eigenvalue weighted by Gasteiger charge is 2.55. The number of carbonyl (C=O) groups is 1. The molecule has 16 heteroatoms. The number of anilines is 1. The summed E-state index contributed by atoms with van der Waals surface area (Å²) in [6, 6.07) is 11.2. The van der Waals surface area contributed by atoms with Crippen LogP contribution >= 0.6 is 0 Å². The second-order valence-electron chi connectivity index (χ2n) is 10.9. The zero-order valence-electron chi connectivity index (χ0n) is 23.3. The molecule has 0 aliphatic carbocycles. The summed E-state index contributed by atoms with van der Waals surface area (Å²) in [6.07, 6.45) is -11.2. The van der Waals surface area contributed by atoms with Crippen LogP contribution in [0.4, 0.5) is 36.8 Å². The summed E-state index contributed by atoms with van der Waals surface area (Å²) in [4.78, 5) is 42.9. The Hall–Kier alpha value is -5.15. The molecule has 1 saturated heterocycles. The highest BCUT2D eigenvalue weighted by atomic mass is 19.4.